The van der Waals surface area contributed by atoms with Crippen molar-refractivity contribution in [2.75, 3.05) is 0 Å². The van der Waals surface area contributed by atoms with Crippen LogP contribution in [0.1, 0.15) is 17.0 Å². The summed E-state index contributed by atoms with van der Waals surface area (Å²) in [6.45, 7) is 0. The maximum absolute atomic E-state index is 9.45. The summed E-state index contributed by atoms with van der Waals surface area (Å²) in [4.78, 5) is 0. The van der Waals surface area contributed by atoms with Crippen molar-refractivity contribution in [3.63, 3.8) is 0 Å². The lowest BCUT2D eigenvalue weighted by Crippen LogP contribution is -2.01. The van der Waals surface area contributed by atoms with Crippen LogP contribution in [0.2, 0.25) is 25.1 Å². The predicted octanol–water partition coefficient (Wildman–Crippen LogP) is 6.61. The van der Waals surface area contributed by atoms with Crippen LogP contribution in [0.5, 0.6) is 0 Å². The minimum absolute atomic E-state index is 0.0804. The highest BCUT2D eigenvalue weighted by Crippen LogP contribution is 2.47. The van der Waals surface area contributed by atoms with E-state index >= 15 is 0 Å². The third kappa shape index (κ3) is 2.72. The van der Waals surface area contributed by atoms with Crippen molar-refractivity contribution in [2.45, 2.75) is 5.92 Å². The Morgan fingerprint density at radius 2 is 1.20 bits per heavy atom. The number of rotatable bonds is 2. The molecular formula is C14H6Cl5N. The Labute approximate surface area is 141 Å². The van der Waals surface area contributed by atoms with Gasteiger partial charge in [-0.25, -0.2) is 0 Å². The highest BCUT2D eigenvalue weighted by atomic mass is 35.5. The Morgan fingerprint density at radius 1 is 0.750 bits per heavy atom. The molecule has 6 heteroatoms. The Hall–Kier alpha value is -0.620. The molecule has 0 saturated carbocycles. The molecule has 20 heavy (non-hydrogen) atoms. The fraction of sp³-hybridized carbons (Fsp3) is 0.0714. The van der Waals surface area contributed by atoms with Crippen LogP contribution in [-0.4, -0.2) is 0 Å². The van der Waals surface area contributed by atoms with Gasteiger partial charge in [0.15, 0.2) is 0 Å². The molecular weight excluding hydrogens is 359 g/mol. The highest BCUT2D eigenvalue weighted by Gasteiger charge is 2.26. The summed E-state index contributed by atoms with van der Waals surface area (Å²) in [6.07, 6.45) is 0. The second-order valence-corrected chi connectivity index (χ2v) is 5.85. The number of halogens is 5. The largest absolute Gasteiger partial charge is 0.197 e. The fourth-order valence-electron chi connectivity index (χ4n) is 1.83. The molecule has 1 nitrogen and oxygen atoms in total. The van der Waals surface area contributed by atoms with Gasteiger partial charge < -0.3 is 0 Å². The summed E-state index contributed by atoms with van der Waals surface area (Å²) in [5.74, 6) is -0.677. The van der Waals surface area contributed by atoms with Gasteiger partial charge in [0.1, 0.15) is 0 Å². The molecule has 0 N–H and O–H groups in total. The lowest BCUT2D eigenvalue weighted by Gasteiger charge is -2.17. The SMILES string of the molecule is N#CC(c1ccccc1)c1c(Cl)c(Cl)c(Cl)c(Cl)c1Cl. The topological polar surface area (TPSA) is 23.8 Å². The van der Waals surface area contributed by atoms with Gasteiger partial charge in [0, 0.05) is 5.56 Å². The van der Waals surface area contributed by atoms with Crippen molar-refractivity contribution in [3.05, 3.63) is 66.6 Å². The lowest BCUT2D eigenvalue weighted by atomic mass is 9.92. The molecule has 0 fully saturated rings. The lowest BCUT2D eigenvalue weighted by molar-refractivity contribution is 1.04. The maximum atomic E-state index is 9.45. The van der Waals surface area contributed by atoms with E-state index in [-0.39, 0.29) is 25.1 Å². The third-order valence-corrected chi connectivity index (χ3v) is 5.10. The average Bonchev–Trinajstić information content (AvgIpc) is 2.48. The molecule has 0 saturated heterocycles. The molecule has 0 bridgehead atoms. The number of nitriles is 1. The van der Waals surface area contributed by atoms with Gasteiger partial charge in [0.2, 0.25) is 0 Å². The summed E-state index contributed by atoms with van der Waals surface area (Å²) in [5, 5.41) is 9.99. The first-order chi connectivity index (χ1) is 9.49. The van der Waals surface area contributed by atoms with Crippen molar-refractivity contribution in [2.24, 2.45) is 0 Å². The summed E-state index contributed by atoms with van der Waals surface area (Å²) >= 11 is 30.4. The molecule has 1 atom stereocenters. The van der Waals surface area contributed by atoms with Gasteiger partial charge in [-0.2, -0.15) is 5.26 Å². The molecule has 0 aliphatic rings. The molecule has 0 aromatic heterocycles. The first-order valence-corrected chi connectivity index (χ1v) is 7.34. The van der Waals surface area contributed by atoms with Crippen molar-refractivity contribution >= 4 is 58.0 Å². The third-order valence-electron chi connectivity index (χ3n) is 2.79. The summed E-state index contributed by atoms with van der Waals surface area (Å²) in [6, 6.07) is 11.3. The molecule has 102 valence electrons. The number of hydrogen-bond donors (Lipinski definition) is 0. The number of nitrogens with zero attached hydrogens (tertiary/aromatic N) is 1. The first kappa shape index (κ1) is 15.8. The van der Waals surface area contributed by atoms with E-state index in [1.165, 1.54) is 0 Å². The zero-order valence-corrected chi connectivity index (χ0v) is 13.6. The van der Waals surface area contributed by atoms with Crippen LogP contribution in [0.4, 0.5) is 0 Å². The van der Waals surface area contributed by atoms with E-state index in [2.05, 4.69) is 6.07 Å². The zero-order valence-electron chi connectivity index (χ0n) is 9.80. The van der Waals surface area contributed by atoms with E-state index in [0.29, 0.717) is 5.56 Å². The minimum atomic E-state index is -0.677. The van der Waals surface area contributed by atoms with Crippen LogP contribution in [0, 0.1) is 11.3 Å². The van der Waals surface area contributed by atoms with Crippen LogP contribution in [-0.2, 0) is 0 Å². The Morgan fingerprint density at radius 3 is 1.65 bits per heavy atom. The van der Waals surface area contributed by atoms with E-state index in [1.54, 1.807) is 12.1 Å². The van der Waals surface area contributed by atoms with E-state index in [0.717, 1.165) is 5.56 Å². The standard InChI is InChI=1S/C14H6Cl5N/c15-10-9(11(16)13(18)14(19)12(10)17)8(6-20)7-4-2-1-3-5-7/h1-5,8H. The van der Waals surface area contributed by atoms with Gasteiger partial charge >= 0.3 is 0 Å². The molecule has 0 radical (unpaired) electrons. The predicted molar refractivity (Wildman–Crippen MR) is 85.4 cm³/mol. The summed E-state index contributed by atoms with van der Waals surface area (Å²) < 4.78 is 0. The summed E-state index contributed by atoms with van der Waals surface area (Å²) in [7, 11) is 0. The van der Waals surface area contributed by atoms with Gasteiger partial charge in [-0.05, 0) is 5.56 Å². The van der Waals surface area contributed by atoms with Gasteiger partial charge in [0.05, 0.1) is 37.1 Å². The Kier molecular flexibility index (Phi) is 5.07. The first-order valence-electron chi connectivity index (χ1n) is 5.45. The molecule has 0 spiro atoms. The monoisotopic (exact) mass is 363 g/mol. The molecule has 1 unspecified atom stereocenters. The molecule has 2 aromatic rings. The normalized spacial score (nSPS) is 12.0. The Bertz CT molecular complexity index is 662. The maximum Gasteiger partial charge on any atom is 0.0992 e. The smallest absolute Gasteiger partial charge is 0.0992 e. The minimum Gasteiger partial charge on any atom is -0.197 e. The van der Waals surface area contributed by atoms with Gasteiger partial charge in [-0.15, -0.1) is 0 Å². The molecule has 0 amide bonds. The molecule has 2 aromatic carbocycles. The van der Waals surface area contributed by atoms with E-state index < -0.39 is 5.92 Å². The van der Waals surface area contributed by atoms with Crippen LogP contribution in [0.15, 0.2) is 30.3 Å². The van der Waals surface area contributed by atoms with Crippen molar-refractivity contribution in [3.8, 4) is 6.07 Å². The van der Waals surface area contributed by atoms with Gasteiger partial charge in [-0.3, -0.25) is 0 Å². The highest BCUT2D eigenvalue weighted by molar-refractivity contribution is 6.55. The molecule has 0 aliphatic carbocycles. The molecule has 2 rings (SSSR count). The van der Waals surface area contributed by atoms with Crippen LogP contribution < -0.4 is 0 Å². The fourth-order valence-corrected chi connectivity index (χ4v) is 3.20. The molecule has 0 heterocycles. The quantitative estimate of drug-likeness (QED) is 0.434. The second-order valence-electron chi connectivity index (χ2n) is 3.96. The van der Waals surface area contributed by atoms with Gasteiger partial charge in [0.25, 0.3) is 0 Å². The van der Waals surface area contributed by atoms with E-state index in [4.69, 9.17) is 58.0 Å². The number of hydrogen-bond acceptors (Lipinski definition) is 1. The second kappa shape index (κ2) is 6.43. The van der Waals surface area contributed by atoms with Crippen molar-refractivity contribution in [1.29, 1.82) is 5.26 Å². The van der Waals surface area contributed by atoms with Crippen LogP contribution in [0.3, 0.4) is 0 Å². The summed E-state index contributed by atoms with van der Waals surface area (Å²) in [5.41, 5.74) is 1.11. The molecule has 0 aliphatic heterocycles. The zero-order chi connectivity index (χ0) is 14.9. The van der Waals surface area contributed by atoms with Crippen LogP contribution in [0.25, 0.3) is 0 Å². The number of benzene rings is 2. The van der Waals surface area contributed by atoms with Crippen molar-refractivity contribution in [1.82, 2.24) is 0 Å². The van der Waals surface area contributed by atoms with E-state index in [9.17, 15) is 5.26 Å². The average molecular weight is 365 g/mol. The van der Waals surface area contributed by atoms with Gasteiger partial charge in [-0.1, -0.05) is 88.3 Å². The Balaban J connectivity index is 2.72. The van der Waals surface area contributed by atoms with Crippen molar-refractivity contribution < 1.29 is 0 Å². The van der Waals surface area contributed by atoms with Crippen LogP contribution >= 0.6 is 58.0 Å². The van der Waals surface area contributed by atoms with E-state index in [1.807, 2.05) is 18.2 Å².